The Kier molecular flexibility index (Phi) is 2.89. The summed E-state index contributed by atoms with van der Waals surface area (Å²) in [7, 11) is 1.87. The predicted molar refractivity (Wildman–Crippen MR) is 70.3 cm³/mol. The van der Waals surface area contributed by atoms with Crippen LogP contribution in [0.3, 0.4) is 0 Å². The number of hydrogen-bond acceptors (Lipinski definition) is 5. The van der Waals surface area contributed by atoms with Crippen LogP contribution >= 0.6 is 0 Å². The van der Waals surface area contributed by atoms with Crippen LogP contribution in [0.2, 0.25) is 0 Å². The molecule has 1 fully saturated rings. The first-order chi connectivity index (χ1) is 9.06. The van der Waals surface area contributed by atoms with Crippen molar-refractivity contribution in [3.05, 3.63) is 18.3 Å². The molecule has 0 saturated carbocycles. The summed E-state index contributed by atoms with van der Waals surface area (Å²) in [5, 5.41) is 11.7. The molecule has 102 valence electrons. The zero-order valence-electron chi connectivity index (χ0n) is 11.6. The summed E-state index contributed by atoms with van der Waals surface area (Å²) in [6.07, 6.45) is 5.98. The molecule has 1 unspecified atom stereocenters. The fraction of sp³-hybridized carbons (Fsp3) is 0.615. The smallest absolute Gasteiger partial charge is 0.244 e. The Bertz CT molecular complexity index is 571. The van der Waals surface area contributed by atoms with Gasteiger partial charge in [-0.2, -0.15) is 10.1 Å². The number of rotatable bonds is 2. The minimum Gasteiger partial charge on any atom is -0.337 e. The lowest BCUT2D eigenvalue weighted by Gasteiger charge is -2.36. The summed E-state index contributed by atoms with van der Waals surface area (Å²) in [5.41, 5.74) is 1.02. The van der Waals surface area contributed by atoms with Gasteiger partial charge in [0.05, 0.1) is 17.8 Å². The standard InChI is InChI=1S/C13H19N5O/c1-13(2)5-4-6-14-10(13)12-16-11(17-19-12)9-7-15-18(3)8-9/h7-8,10,14H,4-6H2,1-3H3. The molecule has 0 aliphatic carbocycles. The van der Waals surface area contributed by atoms with Crippen molar-refractivity contribution in [3.63, 3.8) is 0 Å². The number of nitrogens with zero attached hydrogens (tertiary/aromatic N) is 4. The summed E-state index contributed by atoms with van der Waals surface area (Å²) in [4.78, 5) is 4.52. The van der Waals surface area contributed by atoms with Crippen molar-refractivity contribution in [2.75, 3.05) is 6.54 Å². The van der Waals surface area contributed by atoms with Gasteiger partial charge in [-0.05, 0) is 24.8 Å². The average molecular weight is 261 g/mol. The van der Waals surface area contributed by atoms with Gasteiger partial charge in [-0.25, -0.2) is 0 Å². The Morgan fingerprint density at radius 2 is 2.32 bits per heavy atom. The van der Waals surface area contributed by atoms with Gasteiger partial charge in [-0.3, -0.25) is 4.68 Å². The largest absolute Gasteiger partial charge is 0.337 e. The monoisotopic (exact) mass is 261 g/mol. The molecule has 1 aliphatic rings. The molecular weight excluding hydrogens is 242 g/mol. The second-order valence-electron chi connectivity index (χ2n) is 5.84. The summed E-state index contributed by atoms with van der Waals surface area (Å²) >= 11 is 0. The van der Waals surface area contributed by atoms with E-state index in [0.717, 1.165) is 18.5 Å². The van der Waals surface area contributed by atoms with E-state index in [2.05, 4.69) is 34.4 Å². The van der Waals surface area contributed by atoms with E-state index in [-0.39, 0.29) is 11.5 Å². The van der Waals surface area contributed by atoms with Crippen molar-refractivity contribution in [1.29, 1.82) is 0 Å². The fourth-order valence-corrected chi connectivity index (χ4v) is 2.64. The van der Waals surface area contributed by atoms with Gasteiger partial charge >= 0.3 is 0 Å². The maximum Gasteiger partial charge on any atom is 0.244 e. The third-order valence-electron chi connectivity index (χ3n) is 3.78. The van der Waals surface area contributed by atoms with Gasteiger partial charge in [0.15, 0.2) is 0 Å². The van der Waals surface area contributed by atoms with Crippen LogP contribution in [-0.4, -0.2) is 26.5 Å². The van der Waals surface area contributed by atoms with Crippen molar-refractivity contribution in [2.24, 2.45) is 12.5 Å². The van der Waals surface area contributed by atoms with E-state index < -0.39 is 0 Å². The Hall–Kier alpha value is -1.69. The van der Waals surface area contributed by atoms with Gasteiger partial charge in [0, 0.05) is 13.2 Å². The Labute approximate surface area is 112 Å². The van der Waals surface area contributed by atoms with E-state index in [1.54, 1.807) is 10.9 Å². The highest BCUT2D eigenvalue weighted by Crippen LogP contribution is 2.39. The van der Waals surface area contributed by atoms with Gasteiger partial charge < -0.3 is 9.84 Å². The van der Waals surface area contributed by atoms with E-state index in [4.69, 9.17) is 4.52 Å². The lowest BCUT2D eigenvalue weighted by Crippen LogP contribution is -2.39. The fourth-order valence-electron chi connectivity index (χ4n) is 2.64. The van der Waals surface area contributed by atoms with Crippen LogP contribution in [-0.2, 0) is 7.05 Å². The highest BCUT2D eigenvalue weighted by molar-refractivity contribution is 5.51. The Balaban J connectivity index is 1.88. The highest BCUT2D eigenvalue weighted by Gasteiger charge is 2.37. The molecule has 3 rings (SSSR count). The first kappa shape index (κ1) is 12.3. The average Bonchev–Trinajstić information content (AvgIpc) is 2.97. The molecule has 1 aliphatic heterocycles. The van der Waals surface area contributed by atoms with Crippen molar-refractivity contribution >= 4 is 0 Å². The van der Waals surface area contributed by atoms with E-state index in [1.807, 2.05) is 13.2 Å². The van der Waals surface area contributed by atoms with Crippen molar-refractivity contribution in [3.8, 4) is 11.4 Å². The molecule has 1 saturated heterocycles. The second kappa shape index (κ2) is 4.45. The number of hydrogen-bond donors (Lipinski definition) is 1. The lowest BCUT2D eigenvalue weighted by molar-refractivity contribution is 0.146. The molecule has 1 N–H and O–H groups in total. The summed E-state index contributed by atoms with van der Waals surface area (Å²) < 4.78 is 7.17. The summed E-state index contributed by atoms with van der Waals surface area (Å²) in [6.45, 7) is 5.47. The molecule has 6 heteroatoms. The number of aryl methyl sites for hydroxylation is 1. The lowest BCUT2D eigenvalue weighted by atomic mass is 9.77. The zero-order chi connectivity index (χ0) is 13.5. The maximum atomic E-state index is 5.44. The molecule has 1 atom stereocenters. The molecular formula is C13H19N5O. The first-order valence-electron chi connectivity index (χ1n) is 6.62. The van der Waals surface area contributed by atoms with E-state index in [1.165, 1.54) is 6.42 Å². The van der Waals surface area contributed by atoms with Gasteiger partial charge in [-0.15, -0.1) is 0 Å². The summed E-state index contributed by atoms with van der Waals surface area (Å²) in [6, 6.07) is 0.124. The van der Waals surface area contributed by atoms with E-state index >= 15 is 0 Å². The van der Waals surface area contributed by atoms with Crippen LogP contribution in [0, 0.1) is 5.41 Å². The van der Waals surface area contributed by atoms with Crippen LogP contribution < -0.4 is 5.32 Å². The van der Waals surface area contributed by atoms with Crippen molar-refractivity contribution < 1.29 is 4.52 Å². The van der Waals surface area contributed by atoms with Crippen LogP contribution in [0.5, 0.6) is 0 Å². The van der Waals surface area contributed by atoms with E-state index in [9.17, 15) is 0 Å². The molecule has 0 aromatic carbocycles. The third kappa shape index (κ3) is 2.28. The molecule has 0 bridgehead atoms. The number of nitrogens with one attached hydrogen (secondary N) is 1. The van der Waals surface area contributed by atoms with Crippen LogP contribution in [0.25, 0.3) is 11.4 Å². The van der Waals surface area contributed by atoms with Crippen molar-refractivity contribution in [1.82, 2.24) is 25.2 Å². The minimum atomic E-state index is 0.124. The SMILES string of the molecule is Cn1cc(-c2noc(C3NCCCC3(C)C)n2)cn1. The quantitative estimate of drug-likeness (QED) is 0.894. The number of piperidine rings is 1. The topological polar surface area (TPSA) is 68.8 Å². The Morgan fingerprint density at radius 3 is 3.00 bits per heavy atom. The second-order valence-corrected chi connectivity index (χ2v) is 5.84. The van der Waals surface area contributed by atoms with Gasteiger partial charge in [0.25, 0.3) is 0 Å². The summed E-state index contributed by atoms with van der Waals surface area (Å²) in [5.74, 6) is 1.27. The molecule has 0 radical (unpaired) electrons. The molecule has 0 amide bonds. The Morgan fingerprint density at radius 1 is 1.47 bits per heavy atom. The molecule has 2 aromatic rings. The molecule has 0 spiro atoms. The highest BCUT2D eigenvalue weighted by atomic mass is 16.5. The normalized spacial score (nSPS) is 22.6. The van der Waals surface area contributed by atoms with E-state index in [0.29, 0.717) is 11.7 Å². The van der Waals surface area contributed by atoms with Gasteiger partial charge in [0.2, 0.25) is 11.7 Å². The van der Waals surface area contributed by atoms with Crippen molar-refractivity contribution in [2.45, 2.75) is 32.7 Å². The first-order valence-corrected chi connectivity index (χ1v) is 6.62. The maximum absolute atomic E-state index is 5.44. The molecule has 2 aromatic heterocycles. The number of aromatic nitrogens is 4. The molecule has 19 heavy (non-hydrogen) atoms. The van der Waals surface area contributed by atoms with Gasteiger partial charge in [0.1, 0.15) is 0 Å². The van der Waals surface area contributed by atoms with Crippen LogP contribution in [0.15, 0.2) is 16.9 Å². The molecule has 3 heterocycles. The van der Waals surface area contributed by atoms with Crippen LogP contribution in [0.4, 0.5) is 0 Å². The van der Waals surface area contributed by atoms with Gasteiger partial charge in [-0.1, -0.05) is 19.0 Å². The zero-order valence-corrected chi connectivity index (χ0v) is 11.6. The van der Waals surface area contributed by atoms with Crippen LogP contribution in [0.1, 0.15) is 38.6 Å². The molecule has 6 nitrogen and oxygen atoms in total. The third-order valence-corrected chi connectivity index (χ3v) is 3.78. The predicted octanol–water partition coefficient (Wildman–Crippen LogP) is 1.92. The minimum absolute atomic E-state index is 0.124.